The van der Waals surface area contributed by atoms with Gasteiger partial charge in [-0.1, -0.05) is 47.5 Å². The predicted octanol–water partition coefficient (Wildman–Crippen LogP) is 5.25. The minimum absolute atomic E-state index is 0.0505. The van der Waals surface area contributed by atoms with Crippen LogP contribution in [0.4, 0.5) is 0 Å². The Balaban J connectivity index is 1.56. The number of aromatic nitrogens is 2. The maximum absolute atomic E-state index is 6.49. The van der Waals surface area contributed by atoms with Gasteiger partial charge in [-0.15, -0.1) is 11.8 Å². The normalized spacial score (nSPS) is 22.2. The molecule has 4 rings (SSSR count). The Labute approximate surface area is 172 Å². The average molecular weight is 421 g/mol. The number of nitrogens with zero attached hydrogens (tertiary/aromatic N) is 2. The van der Waals surface area contributed by atoms with E-state index in [1.54, 1.807) is 36.4 Å². The van der Waals surface area contributed by atoms with Crippen molar-refractivity contribution in [1.82, 2.24) is 9.55 Å². The molecule has 0 bridgehead atoms. The van der Waals surface area contributed by atoms with Gasteiger partial charge in [0.25, 0.3) is 0 Å². The lowest BCUT2D eigenvalue weighted by atomic mass is 10.1. The fraction of sp³-hybridized carbons (Fsp3) is 0.250. The summed E-state index contributed by atoms with van der Waals surface area (Å²) in [6.45, 7) is 0.953. The van der Waals surface area contributed by atoms with E-state index in [0.29, 0.717) is 23.2 Å². The first-order chi connectivity index (χ1) is 13.1. The molecule has 0 radical (unpaired) electrons. The summed E-state index contributed by atoms with van der Waals surface area (Å²) in [7, 11) is 0. The number of hydrogen-bond donors (Lipinski definition) is 0. The van der Waals surface area contributed by atoms with Crippen LogP contribution < -0.4 is 0 Å². The van der Waals surface area contributed by atoms with Crippen LogP contribution in [0.25, 0.3) is 0 Å². The van der Waals surface area contributed by atoms with Crippen LogP contribution in [0.3, 0.4) is 0 Å². The third kappa shape index (κ3) is 4.33. The number of hydrogen-bond acceptors (Lipinski definition) is 4. The molecule has 0 saturated carbocycles. The van der Waals surface area contributed by atoms with Crippen molar-refractivity contribution in [2.45, 2.75) is 23.3 Å². The second kappa shape index (κ2) is 8.25. The molecule has 3 aromatic rings. The smallest absolute Gasteiger partial charge is 0.215 e. The predicted molar refractivity (Wildman–Crippen MR) is 108 cm³/mol. The molecule has 140 valence electrons. The maximum Gasteiger partial charge on any atom is 0.215 e. The van der Waals surface area contributed by atoms with E-state index >= 15 is 0 Å². The van der Waals surface area contributed by atoms with Gasteiger partial charge < -0.3 is 14.0 Å². The molecule has 0 aliphatic carbocycles. The van der Waals surface area contributed by atoms with E-state index in [-0.39, 0.29) is 6.10 Å². The quantitative estimate of drug-likeness (QED) is 0.510. The van der Waals surface area contributed by atoms with Gasteiger partial charge in [-0.05, 0) is 24.3 Å². The third-order valence-corrected chi connectivity index (χ3v) is 6.02. The molecule has 27 heavy (non-hydrogen) atoms. The Hall–Kier alpha value is -1.50. The number of thioether (sulfide) groups is 1. The second-order valence-corrected chi connectivity index (χ2v) is 8.22. The molecule has 1 aliphatic heterocycles. The minimum Gasteiger partial charge on any atom is -0.342 e. The van der Waals surface area contributed by atoms with Gasteiger partial charge in [-0.25, -0.2) is 4.98 Å². The van der Waals surface area contributed by atoms with Crippen LogP contribution in [0, 0.1) is 0 Å². The van der Waals surface area contributed by atoms with Crippen molar-refractivity contribution in [1.29, 1.82) is 0 Å². The Morgan fingerprint density at radius 2 is 2.04 bits per heavy atom. The fourth-order valence-electron chi connectivity index (χ4n) is 3.08. The summed E-state index contributed by atoms with van der Waals surface area (Å²) in [6.07, 6.45) is 5.30. The van der Waals surface area contributed by atoms with E-state index in [4.69, 9.17) is 32.7 Å². The summed E-state index contributed by atoms with van der Waals surface area (Å²) in [5, 5.41) is 1.11. The van der Waals surface area contributed by atoms with Crippen LogP contribution in [0.5, 0.6) is 0 Å². The van der Waals surface area contributed by atoms with Gasteiger partial charge in [0.15, 0.2) is 0 Å². The molecule has 7 heteroatoms. The molecule has 1 aliphatic rings. The summed E-state index contributed by atoms with van der Waals surface area (Å²) >= 11 is 14.3. The third-order valence-electron chi connectivity index (χ3n) is 4.33. The summed E-state index contributed by atoms with van der Waals surface area (Å²) < 4.78 is 14.6. The van der Waals surface area contributed by atoms with Gasteiger partial charge in [0.1, 0.15) is 0 Å². The molecule has 4 nitrogen and oxygen atoms in total. The standard InChI is InChI=1S/C20H18Cl2N2O2S/c21-15-6-7-18(19(22)10-15)20(13-24-9-8-23-14-24)25-11-16(26-20)12-27-17-4-2-1-3-5-17/h1-10,14,16H,11-13H2. The molecule has 2 unspecified atom stereocenters. The SMILES string of the molecule is Clc1ccc(C2(Cn3ccnc3)OCC(CSc3ccccc3)O2)c(Cl)c1. The lowest BCUT2D eigenvalue weighted by molar-refractivity contribution is -0.184. The Morgan fingerprint density at radius 3 is 2.78 bits per heavy atom. The summed E-state index contributed by atoms with van der Waals surface area (Å²) in [5.74, 6) is -0.175. The number of benzene rings is 2. The van der Waals surface area contributed by atoms with Gasteiger partial charge in [0, 0.05) is 33.6 Å². The zero-order valence-corrected chi connectivity index (χ0v) is 16.8. The van der Waals surface area contributed by atoms with Crippen LogP contribution in [-0.2, 0) is 21.8 Å². The van der Waals surface area contributed by atoms with Crippen molar-refractivity contribution in [2.24, 2.45) is 0 Å². The Kier molecular flexibility index (Phi) is 5.76. The van der Waals surface area contributed by atoms with Crippen LogP contribution >= 0.6 is 35.0 Å². The molecule has 2 heterocycles. The van der Waals surface area contributed by atoms with E-state index in [2.05, 4.69) is 17.1 Å². The van der Waals surface area contributed by atoms with E-state index in [0.717, 1.165) is 11.3 Å². The zero-order chi connectivity index (χ0) is 18.7. The average Bonchev–Trinajstić information content (AvgIpc) is 3.32. The highest BCUT2D eigenvalue weighted by Crippen LogP contribution is 2.41. The molecule has 1 aromatic heterocycles. The highest BCUT2D eigenvalue weighted by atomic mass is 35.5. The lowest BCUT2D eigenvalue weighted by Gasteiger charge is -2.30. The van der Waals surface area contributed by atoms with E-state index in [1.807, 2.05) is 35.0 Å². The van der Waals surface area contributed by atoms with E-state index in [1.165, 1.54) is 4.90 Å². The molecular weight excluding hydrogens is 403 g/mol. The number of rotatable bonds is 6. The number of ether oxygens (including phenoxy) is 2. The van der Waals surface area contributed by atoms with E-state index in [9.17, 15) is 0 Å². The van der Waals surface area contributed by atoms with Crippen LogP contribution in [0.2, 0.25) is 10.0 Å². The topological polar surface area (TPSA) is 36.3 Å². The van der Waals surface area contributed by atoms with Gasteiger partial charge in [-0.2, -0.15) is 0 Å². The zero-order valence-electron chi connectivity index (χ0n) is 14.4. The van der Waals surface area contributed by atoms with Crippen molar-refractivity contribution in [3.05, 3.63) is 82.9 Å². The lowest BCUT2D eigenvalue weighted by Crippen LogP contribution is -2.34. The first-order valence-corrected chi connectivity index (χ1v) is 10.3. The summed E-state index contributed by atoms with van der Waals surface area (Å²) in [6, 6.07) is 15.6. The van der Waals surface area contributed by atoms with Crippen LogP contribution in [0.15, 0.2) is 72.1 Å². The highest BCUT2D eigenvalue weighted by molar-refractivity contribution is 7.99. The maximum atomic E-state index is 6.49. The van der Waals surface area contributed by atoms with Gasteiger partial charge in [0.05, 0.1) is 30.6 Å². The molecule has 1 fully saturated rings. The Morgan fingerprint density at radius 1 is 1.19 bits per heavy atom. The first-order valence-electron chi connectivity index (χ1n) is 8.55. The van der Waals surface area contributed by atoms with Crippen molar-refractivity contribution >= 4 is 35.0 Å². The highest BCUT2D eigenvalue weighted by Gasteiger charge is 2.45. The van der Waals surface area contributed by atoms with Gasteiger partial charge >= 0.3 is 0 Å². The van der Waals surface area contributed by atoms with Crippen molar-refractivity contribution in [3.8, 4) is 0 Å². The molecule has 0 N–H and O–H groups in total. The Bertz CT molecular complexity index is 892. The van der Waals surface area contributed by atoms with Gasteiger partial charge in [-0.3, -0.25) is 0 Å². The van der Waals surface area contributed by atoms with Gasteiger partial charge in [0.2, 0.25) is 5.79 Å². The molecule has 0 spiro atoms. The largest absolute Gasteiger partial charge is 0.342 e. The molecular formula is C20H18Cl2N2O2S. The van der Waals surface area contributed by atoms with Crippen molar-refractivity contribution < 1.29 is 9.47 Å². The summed E-state index contributed by atoms with van der Waals surface area (Å²) in [4.78, 5) is 5.32. The van der Waals surface area contributed by atoms with Crippen molar-refractivity contribution in [2.75, 3.05) is 12.4 Å². The van der Waals surface area contributed by atoms with Crippen molar-refractivity contribution in [3.63, 3.8) is 0 Å². The molecule has 1 saturated heterocycles. The second-order valence-electron chi connectivity index (χ2n) is 6.29. The van der Waals surface area contributed by atoms with Crippen LogP contribution in [0.1, 0.15) is 5.56 Å². The molecule has 2 atom stereocenters. The monoisotopic (exact) mass is 420 g/mol. The molecule has 0 amide bonds. The number of halogens is 2. The summed E-state index contributed by atoms with van der Waals surface area (Å²) in [5.41, 5.74) is 0.773. The first kappa shape index (κ1) is 18.8. The molecule has 2 aromatic carbocycles. The fourth-order valence-corrected chi connectivity index (χ4v) is 4.53. The van der Waals surface area contributed by atoms with E-state index < -0.39 is 5.79 Å². The van der Waals surface area contributed by atoms with Crippen LogP contribution in [-0.4, -0.2) is 28.0 Å². The number of imidazole rings is 1. The minimum atomic E-state index is -0.968.